The Morgan fingerprint density at radius 3 is 1.29 bits per heavy atom. The molecule has 0 amide bonds. The van der Waals surface area contributed by atoms with Crippen molar-refractivity contribution in [2.75, 3.05) is 0 Å². The Labute approximate surface area is 134 Å². The van der Waals surface area contributed by atoms with E-state index in [1.165, 1.54) is 0 Å². The van der Waals surface area contributed by atoms with Gasteiger partial charge in [0.2, 0.25) is 0 Å². The molecule has 6 heteroatoms. The molecule has 0 spiro atoms. The van der Waals surface area contributed by atoms with Gasteiger partial charge in [0.25, 0.3) is 0 Å². The number of hydrogen-bond donors (Lipinski definition) is 1. The van der Waals surface area contributed by atoms with Crippen LogP contribution >= 0.6 is 0 Å². The van der Waals surface area contributed by atoms with E-state index in [2.05, 4.69) is 41.5 Å². The van der Waals surface area contributed by atoms with Crippen molar-refractivity contribution >= 4 is 8.32 Å². The van der Waals surface area contributed by atoms with Crippen molar-refractivity contribution in [3.63, 3.8) is 0 Å². The van der Waals surface area contributed by atoms with E-state index in [0.29, 0.717) is 17.8 Å². The van der Waals surface area contributed by atoms with Gasteiger partial charge in [-0.25, -0.2) is 0 Å². The summed E-state index contributed by atoms with van der Waals surface area (Å²) in [5.74, 6) is 1.57. The summed E-state index contributed by atoms with van der Waals surface area (Å²) in [6, 6.07) is 2.48. The van der Waals surface area contributed by atoms with Gasteiger partial charge in [0.05, 0.1) is 0 Å². The molecule has 0 unspecified atom stereocenters. The van der Waals surface area contributed by atoms with Crippen LogP contribution in [0, 0.1) is 17.8 Å². The van der Waals surface area contributed by atoms with Crippen LogP contribution in [0.5, 0.6) is 0 Å². The summed E-state index contributed by atoms with van der Waals surface area (Å²) >= 11 is -5.13. The van der Waals surface area contributed by atoms with Crippen LogP contribution in [-0.2, 0) is 24.7 Å². The molecule has 0 aliphatic rings. The van der Waals surface area contributed by atoms with Crippen LogP contribution in [0.1, 0.15) is 60.8 Å². The molecule has 0 saturated carbocycles. The third-order valence-corrected chi connectivity index (χ3v) is 10.6. The first-order chi connectivity index (χ1) is 9.46. The molecule has 0 aliphatic carbocycles. The van der Waals surface area contributed by atoms with Gasteiger partial charge in [0.15, 0.2) is 0 Å². The standard InChI is InChI=1S/C15H33OSi.Cr.H2O.2O/c1-13(2)7-10-17(16,11-8-14(3)4)12-9-15(5)6;;;;/h13-15H,7-12H2,1-6H3;;1H2;;/q-1;+2;;;/p-1. The van der Waals surface area contributed by atoms with E-state index in [-0.39, 0.29) is 0 Å². The van der Waals surface area contributed by atoms with Gasteiger partial charge in [-0.1, -0.05) is 0 Å². The molecule has 4 nitrogen and oxygen atoms in total. The Kier molecular flexibility index (Phi) is 9.54. The predicted octanol–water partition coefficient (Wildman–Crippen LogP) is 4.75. The molecular weight excluding hydrogens is 324 g/mol. The van der Waals surface area contributed by atoms with E-state index in [4.69, 9.17) is 3.48 Å². The van der Waals surface area contributed by atoms with Gasteiger partial charge in [-0.2, -0.15) is 0 Å². The first-order valence-corrected chi connectivity index (χ1v) is 12.8. The van der Waals surface area contributed by atoms with E-state index < -0.39 is 21.9 Å². The van der Waals surface area contributed by atoms with Gasteiger partial charge in [-0.3, -0.25) is 0 Å². The SMILES string of the molecule is CC(C)CC[Si](CCC(C)C)(CCC(C)C)[O][Cr](=[O])(=[O])[OH]. The van der Waals surface area contributed by atoms with Crippen LogP contribution in [0.15, 0.2) is 0 Å². The van der Waals surface area contributed by atoms with Gasteiger partial charge in [-0.05, 0) is 0 Å². The summed E-state index contributed by atoms with van der Waals surface area (Å²) in [4.78, 5) is 0. The zero-order chi connectivity index (χ0) is 16.7. The van der Waals surface area contributed by atoms with E-state index in [1.54, 1.807) is 0 Å². The third kappa shape index (κ3) is 11.5. The Morgan fingerprint density at radius 2 is 1.10 bits per heavy atom. The fourth-order valence-electron chi connectivity index (χ4n) is 2.38. The number of rotatable bonds is 11. The van der Waals surface area contributed by atoms with Crippen LogP contribution in [-0.4, -0.2) is 12.5 Å². The number of hydrogen-bond acceptors (Lipinski definition) is 3. The van der Waals surface area contributed by atoms with Gasteiger partial charge >= 0.3 is 134 Å². The summed E-state index contributed by atoms with van der Waals surface area (Å²) < 4.78 is 37.6. The Balaban J connectivity index is 5.14. The average Bonchev–Trinajstić information content (AvgIpc) is 2.29. The van der Waals surface area contributed by atoms with Crippen LogP contribution in [0.3, 0.4) is 0 Å². The van der Waals surface area contributed by atoms with E-state index in [0.717, 1.165) is 37.4 Å². The maximum absolute atomic E-state index is 11.4. The summed E-state index contributed by atoms with van der Waals surface area (Å²) in [5.41, 5.74) is 0. The normalized spacial score (nSPS) is 13.6. The second kappa shape index (κ2) is 9.42. The molecule has 0 aromatic rings. The molecule has 0 saturated heterocycles. The van der Waals surface area contributed by atoms with Gasteiger partial charge in [-0.15, -0.1) is 0 Å². The maximum atomic E-state index is 11.4. The van der Waals surface area contributed by atoms with Crippen molar-refractivity contribution < 1.29 is 28.9 Å². The molecule has 0 radical (unpaired) electrons. The summed E-state index contributed by atoms with van der Waals surface area (Å²) in [6.45, 7) is 12.9. The molecule has 0 aromatic carbocycles. The van der Waals surface area contributed by atoms with Gasteiger partial charge in [0.1, 0.15) is 0 Å². The summed E-state index contributed by atoms with van der Waals surface area (Å²) in [6.07, 6.45) is 2.90. The zero-order valence-corrected chi connectivity index (χ0v) is 16.8. The molecule has 0 aliphatic heterocycles. The zero-order valence-electron chi connectivity index (χ0n) is 14.6. The minimum absolute atomic E-state index is 0.522. The van der Waals surface area contributed by atoms with E-state index >= 15 is 0 Å². The molecular formula is C15H34CrO4Si. The van der Waals surface area contributed by atoms with Crippen LogP contribution in [0.4, 0.5) is 0 Å². The van der Waals surface area contributed by atoms with Crippen molar-refractivity contribution in [1.29, 1.82) is 0 Å². The van der Waals surface area contributed by atoms with Crippen LogP contribution in [0.2, 0.25) is 18.1 Å². The third-order valence-electron chi connectivity index (χ3n) is 3.81. The second-order valence-electron chi connectivity index (χ2n) is 7.49. The molecule has 0 fully saturated rings. The first-order valence-electron chi connectivity index (χ1n) is 8.14. The average molecular weight is 359 g/mol. The quantitative estimate of drug-likeness (QED) is 0.541. The Hall–Kier alpha value is 0.269. The van der Waals surface area contributed by atoms with Crippen molar-refractivity contribution in [3.05, 3.63) is 0 Å². The summed E-state index contributed by atoms with van der Waals surface area (Å²) in [5, 5.41) is 0. The first kappa shape index (κ1) is 21.3. The Morgan fingerprint density at radius 1 is 0.810 bits per heavy atom. The van der Waals surface area contributed by atoms with Crippen molar-refractivity contribution in [2.24, 2.45) is 17.8 Å². The second-order valence-corrected chi connectivity index (χ2v) is 13.6. The molecule has 128 valence electrons. The molecule has 0 heterocycles. The molecule has 0 rings (SSSR count). The van der Waals surface area contributed by atoms with Crippen molar-refractivity contribution in [2.45, 2.75) is 78.9 Å². The van der Waals surface area contributed by atoms with Gasteiger partial charge < -0.3 is 0 Å². The molecule has 21 heavy (non-hydrogen) atoms. The van der Waals surface area contributed by atoms with E-state index in [9.17, 15) is 11.8 Å². The predicted molar refractivity (Wildman–Crippen MR) is 83.2 cm³/mol. The van der Waals surface area contributed by atoms with E-state index in [1.807, 2.05) is 0 Å². The minimum atomic E-state index is -5.13. The molecule has 0 bridgehead atoms. The van der Waals surface area contributed by atoms with Crippen LogP contribution in [0.25, 0.3) is 0 Å². The molecule has 1 N–H and O–H groups in total. The topological polar surface area (TPSA) is 63.6 Å². The summed E-state index contributed by atoms with van der Waals surface area (Å²) in [7, 11) is -2.42. The monoisotopic (exact) mass is 358 g/mol. The van der Waals surface area contributed by atoms with Crippen LogP contribution < -0.4 is 0 Å². The van der Waals surface area contributed by atoms with Crippen molar-refractivity contribution in [3.8, 4) is 0 Å². The Bertz CT molecular complexity index is 346. The fraction of sp³-hybridized carbons (Fsp3) is 1.00. The van der Waals surface area contributed by atoms with Gasteiger partial charge in [0, 0.05) is 0 Å². The fourth-order valence-corrected chi connectivity index (χ4v) is 10.4. The molecule has 0 aromatic heterocycles. The van der Waals surface area contributed by atoms with Crippen molar-refractivity contribution in [1.82, 2.24) is 0 Å². The molecule has 0 atom stereocenters.